The van der Waals surface area contributed by atoms with E-state index in [1.807, 2.05) is 0 Å². The zero-order chi connectivity index (χ0) is 23.5. The van der Waals surface area contributed by atoms with Crippen molar-refractivity contribution in [3.05, 3.63) is 0 Å². The lowest BCUT2D eigenvalue weighted by molar-refractivity contribution is -0.131. The van der Waals surface area contributed by atoms with Crippen molar-refractivity contribution >= 4 is 5.91 Å². The molecule has 0 aliphatic rings. The molecular formula is C30H61NO. The molecule has 32 heavy (non-hydrogen) atoms. The van der Waals surface area contributed by atoms with E-state index in [-0.39, 0.29) is 0 Å². The van der Waals surface area contributed by atoms with Gasteiger partial charge in [0, 0.05) is 19.5 Å². The van der Waals surface area contributed by atoms with Gasteiger partial charge in [-0.25, -0.2) is 0 Å². The van der Waals surface area contributed by atoms with Crippen LogP contribution >= 0.6 is 0 Å². The Kier molecular flexibility index (Phi) is 26.3. The highest BCUT2D eigenvalue weighted by molar-refractivity contribution is 5.76. The molecule has 0 fully saturated rings. The minimum atomic E-state index is 0.402. The van der Waals surface area contributed by atoms with Gasteiger partial charge in [0.2, 0.25) is 5.91 Å². The second-order valence-corrected chi connectivity index (χ2v) is 10.2. The maximum Gasteiger partial charge on any atom is 0.222 e. The standard InChI is InChI=1S/C30H61NO/c1-4-7-10-11-12-13-14-15-16-17-18-19-20-21-22-23-24-25-26-27-30(32)31(28-8-5-2)29-9-6-3/h4-29H2,1-3H3. The van der Waals surface area contributed by atoms with Crippen LogP contribution < -0.4 is 0 Å². The van der Waals surface area contributed by atoms with E-state index >= 15 is 0 Å². The predicted octanol–water partition coefficient (Wildman–Crippen LogP) is 10.2. The first-order chi connectivity index (χ1) is 15.8. The molecule has 0 heterocycles. The SMILES string of the molecule is CCCCCCCCCCCCCCCCCCCCCC(=O)N(CCCC)CCCC. The smallest absolute Gasteiger partial charge is 0.222 e. The Morgan fingerprint density at radius 2 is 0.688 bits per heavy atom. The van der Waals surface area contributed by atoms with Gasteiger partial charge in [0.05, 0.1) is 0 Å². The lowest BCUT2D eigenvalue weighted by Gasteiger charge is -2.22. The zero-order valence-corrected chi connectivity index (χ0v) is 22.7. The van der Waals surface area contributed by atoms with Crippen molar-refractivity contribution in [2.45, 2.75) is 175 Å². The van der Waals surface area contributed by atoms with E-state index in [9.17, 15) is 4.79 Å². The normalized spacial score (nSPS) is 11.2. The molecule has 0 aromatic heterocycles. The minimum absolute atomic E-state index is 0.402. The zero-order valence-electron chi connectivity index (χ0n) is 22.7. The number of hydrogen-bond donors (Lipinski definition) is 0. The van der Waals surface area contributed by atoms with E-state index in [0.717, 1.165) is 38.8 Å². The molecule has 0 spiro atoms. The van der Waals surface area contributed by atoms with Crippen molar-refractivity contribution in [3.8, 4) is 0 Å². The fraction of sp³-hybridized carbons (Fsp3) is 0.967. The minimum Gasteiger partial charge on any atom is -0.343 e. The molecule has 192 valence electrons. The third-order valence-electron chi connectivity index (χ3n) is 6.91. The van der Waals surface area contributed by atoms with E-state index in [1.54, 1.807) is 0 Å². The number of amides is 1. The van der Waals surface area contributed by atoms with Gasteiger partial charge in [0.15, 0.2) is 0 Å². The maximum absolute atomic E-state index is 12.5. The average molecular weight is 452 g/mol. The molecule has 0 bridgehead atoms. The molecule has 2 nitrogen and oxygen atoms in total. The second kappa shape index (κ2) is 26.7. The first kappa shape index (κ1) is 31.5. The molecule has 2 heteroatoms. The van der Waals surface area contributed by atoms with Gasteiger partial charge >= 0.3 is 0 Å². The van der Waals surface area contributed by atoms with E-state index in [2.05, 4.69) is 25.7 Å². The lowest BCUT2D eigenvalue weighted by Crippen LogP contribution is -2.32. The fourth-order valence-corrected chi connectivity index (χ4v) is 4.57. The van der Waals surface area contributed by atoms with Gasteiger partial charge in [-0.15, -0.1) is 0 Å². The summed E-state index contributed by atoms with van der Waals surface area (Å²) in [4.78, 5) is 14.6. The third-order valence-corrected chi connectivity index (χ3v) is 6.91. The third kappa shape index (κ3) is 22.7. The summed E-state index contributed by atoms with van der Waals surface area (Å²) in [5, 5.41) is 0. The Bertz CT molecular complexity index is 360. The molecule has 0 radical (unpaired) electrons. The Hall–Kier alpha value is -0.530. The van der Waals surface area contributed by atoms with Crippen molar-refractivity contribution in [3.63, 3.8) is 0 Å². The first-order valence-corrected chi connectivity index (χ1v) is 15.0. The summed E-state index contributed by atoms with van der Waals surface area (Å²) in [6, 6.07) is 0. The summed E-state index contributed by atoms with van der Waals surface area (Å²) in [6.45, 7) is 8.65. The molecule has 0 atom stereocenters. The highest BCUT2D eigenvalue weighted by atomic mass is 16.2. The van der Waals surface area contributed by atoms with Gasteiger partial charge in [-0.1, -0.05) is 149 Å². The van der Waals surface area contributed by atoms with Crippen LogP contribution in [0.3, 0.4) is 0 Å². The van der Waals surface area contributed by atoms with Gasteiger partial charge < -0.3 is 4.90 Å². The number of nitrogens with zero attached hydrogens (tertiary/aromatic N) is 1. The van der Waals surface area contributed by atoms with E-state index in [1.165, 1.54) is 128 Å². The van der Waals surface area contributed by atoms with Crippen LogP contribution in [-0.2, 0) is 4.79 Å². The van der Waals surface area contributed by atoms with Crippen LogP contribution in [0, 0.1) is 0 Å². The monoisotopic (exact) mass is 451 g/mol. The lowest BCUT2D eigenvalue weighted by atomic mass is 10.0. The van der Waals surface area contributed by atoms with Crippen molar-refractivity contribution in [1.29, 1.82) is 0 Å². The molecule has 0 unspecified atom stereocenters. The van der Waals surface area contributed by atoms with E-state index in [4.69, 9.17) is 0 Å². The number of carbonyl (C=O) groups is 1. The summed E-state index contributed by atoms with van der Waals surface area (Å²) >= 11 is 0. The van der Waals surface area contributed by atoms with Crippen LogP contribution in [0.4, 0.5) is 0 Å². The van der Waals surface area contributed by atoms with Crippen molar-refractivity contribution in [2.75, 3.05) is 13.1 Å². The van der Waals surface area contributed by atoms with Crippen molar-refractivity contribution in [1.82, 2.24) is 4.90 Å². The molecule has 1 amide bonds. The summed E-state index contributed by atoms with van der Waals surface area (Å²) in [6.07, 6.45) is 32.0. The van der Waals surface area contributed by atoms with Crippen LogP contribution in [0.25, 0.3) is 0 Å². The quantitative estimate of drug-likeness (QED) is 0.120. The molecule has 0 aliphatic carbocycles. The van der Waals surface area contributed by atoms with Gasteiger partial charge in [-0.3, -0.25) is 4.79 Å². The molecule has 0 saturated heterocycles. The molecule has 0 aromatic carbocycles. The van der Waals surface area contributed by atoms with E-state index in [0.29, 0.717) is 5.91 Å². The Balaban J connectivity index is 3.33. The van der Waals surface area contributed by atoms with E-state index < -0.39 is 0 Å². The molecule has 0 aromatic rings. The van der Waals surface area contributed by atoms with Gasteiger partial charge in [0.1, 0.15) is 0 Å². The topological polar surface area (TPSA) is 20.3 Å². The van der Waals surface area contributed by atoms with Crippen LogP contribution in [0.5, 0.6) is 0 Å². The van der Waals surface area contributed by atoms with Crippen LogP contribution in [0.2, 0.25) is 0 Å². The van der Waals surface area contributed by atoms with Gasteiger partial charge in [0.25, 0.3) is 0 Å². The first-order valence-electron chi connectivity index (χ1n) is 15.0. The molecule has 0 N–H and O–H groups in total. The van der Waals surface area contributed by atoms with Crippen LogP contribution in [-0.4, -0.2) is 23.9 Å². The number of hydrogen-bond acceptors (Lipinski definition) is 1. The molecule has 0 aliphatic heterocycles. The average Bonchev–Trinajstić information content (AvgIpc) is 2.80. The van der Waals surface area contributed by atoms with Gasteiger partial charge in [-0.05, 0) is 19.3 Å². The van der Waals surface area contributed by atoms with Crippen molar-refractivity contribution in [2.24, 2.45) is 0 Å². The predicted molar refractivity (Wildman–Crippen MR) is 144 cm³/mol. The largest absolute Gasteiger partial charge is 0.343 e. The van der Waals surface area contributed by atoms with Crippen molar-refractivity contribution < 1.29 is 4.79 Å². The summed E-state index contributed by atoms with van der Waals surface area (Å²) in [5.41, 5.74) is 0. The second-order valence-electron chi connectivity index (χ2n) is 10.2. The highest BCUT2D eigenvalue weighted by Crippen LogP contribution is 2.15. The number of rotatable bonds is 26. The number of carbonyl (C=O) groups excluding carboxylic acids is 1. The highest BCUT2D eigenvalue weighted by Gasteiger charge is 2.11. The maximum atomic E-state index is 12.5. The van der Waals surface area contributed by atoms with Crippen LogP contribution in [0.1, 0.15) is 175 Å². The fourth-order valence-electron chi connectivity index (χ4n) is 4.57. The van der Waals surface area contributed by atoms with Gasteiger partial charge in [-0.2, -0.15) is 0 Å². The van der Waals surface area contributed by atoms with Crippen LogP contribution in [0.15, 0.2) is 0 Å². The Morgan fingerprint density at radius 3 is 1.00 bits per heavy atom. The molecular weight excluding hydrogens is 390 g/mol. The Labute approximate surface area is 203 Å². The number of unbranched alkanes of at least 4 members (excludes halogenated alkanes) is 20. The molecule has 0 rings (SSSR count). The molecule has 0 saturated carbocycles. The summed E-state index contributed by atoms with van der Waals surface area (Å²) < 4.78 is 0. The summed E-state index contributed by atoms with van der Waals surface area (Å²) in [7, 11) is 0. The Morgan fingerprint density at radius 1 is 0.406 bits per heavy atom. The summed E-state index contributed by atoms with van der Waals surface area (Å²) in [5.74, 6) is 0.402.